The summed E-state index contributed by atoms with van der Waals surface area (Å²) in [5, 5.41) is 3.04. The zero-order valence-electron chi connectivity index (χ0n) is 15.4. The van der Waals surface area contributed by atoms with E-state index in [1.807, 2.05) is 0 Å². The van der Waals surface area contributed by atoms with Crippen LogP contribution in [-0.2, 0) is 0 Å². The lowest BCUT2D eigenvalue weighted by Crippen LogP contribution is -2.52. The Morgan fingerprint density at radius 1 is 0.625 bits per heavy atom. The Bertz CT molecular complexity index is 805. The van der Waals surface area contributed by atoms with Crippen molar-refractivity contribution in [1.29, 1.82) is 0 Å². The number of rotatable bonds is 4. The van der Waals surface area contributed by atoms with Crippen molar-refractivity contribution in [2.75, 3.05) is 10.6 Å². The first-order valence-corrected chi connectivity index (χ1v) is 7.86. The summed E-state index contributed by atoms with van der Waals surface area (Å²) in [4.78, 5) is 9.12. The predicted molar refractivity (Wildman–Crippen MR) is 80.9 cm³/mol. The van der Waals surface area contributed by atoms with Crippen LogP contribution in [-0.4, -0.2) is 57.4 Å². The van der Waals surface area contributed by atoms with E-state index in [1.165, 1.54) is 10.6 Å². The molecular formula is C14H10F13N5. The molecule has 32 heavy (non-hydrogen) atoms. The summed E-state index contributed by atoms with van der Waals surface area (Å²) in [6.45, 7) is 0.973. The molecule has 0 spiro atoms. The predicted octanol–water partition coefficient (Wildman–Crippen LogP) is 4.78. The topological polar surface area (TPSA) is 62.7 Å². The van der Waals surface area contributed by atoms with Crippen molar-refractivity contribution in [2.45, 2.75) is 56.3 Å². The molecule has 0 aliphatic rings. The highest BCUT2D eigenvalue weighted by atomic mass is 19.4. The van der Waals surface area contributed by atoms with E-state index in [0.29, 0.717) is 13.8 Å². The standard InChI is InChI=1S/C14H10F13N5/c1-5(11(16,17)18)28-8-30-7(31-9(32-8)29-6(2)12(19,20)21)3-4-10(15,13(22,23)24)14(25,26)27/h5-6H,1-2H3,(H2,28,29,30,31,32)/t5-,6-/m1/s1. The second-order valence-corrected chi connectivity index (χ2v) is 6.03. The molecule has 1 rings (SSSR count). The summed E-state index contributed by atoms with van der Waals surface area (Å²) in [5.74, 6) is -2.78. The number of nitrogens with one attached hydrogen (secondary N) is 2. The Morgan fingerprint density at radius 2 is 0.969 bits per heavy atom. The van der Waals surface area contributed by atoms with Gasteiger partial charge in [-0.1, -0.05) is 0 Å². The van der Waals surface area contributed by atoms with Crippen molar-refractivity contribution >= 4 is 11.9 Å². The lowest BCUT2D eigenvalue weighted by Gasteiger charge is -2.24. The van der Waals surface area contributed by atoms with Crippen LogP contribution < -0.4 is 10.6 Å². The number of aromatic nitrogens is 3. The van der Waals surface area contributed by atoms with Crippen LogP contribution in [0.4, 0.5) is 69.0 Å². The number of anilines is 2. The van der Waals surface area contributed by atoms with Gasteiger partial charge in [0.25, 0.3) is 0 Å². The third kappa shape index (κ3) is 6.63. The van der Waals surface area contributed by atoms with Gasteiger partial charge < -0.3 is 10.6 Å². The lowest BCUT2D eigenvalue weighted by molar-refractivity contribution is -0.318. The molecule has 0 fully saturated rings. The van der Waals surface area contributed by atoms with E-state index in [-0.39, 0.29) is 5.92 Å². The molecule has 0 amide bonds. The summed E-state index contributed by atoms with van der Waals surface area (Å²) in [6.07, 6.45) is -23.1. The first-order valence-electron chi connectivity index (χ1n) is 7.86. The highest BCUT2D eigenvalue weighted by Gasteiger charge is 2.72. The minimum Gasteiger partial charge on any atom is -0.343 e. The van der Waals surface area contributed by atoms with Crippen LogP contribution in [0.3, 0.4) is 0 Å². The van der Waals surface area contributed by atoms with E-state index in [4.69, 9.17) is 0 Å². The summed E-state index contributed by atoms with van der Waals surface area (Å²) in [6, 6.07) is -4.94. The van der Waals surface area contributed by atoms with Crippen LogP contribution in [0.25, 0.3) is 0 Å². The van der Waals surface area contributed by atoms with Crippen LogP contribution in [0, 0.1) is 11.8 Å². The summed E-state index contributed by atoms with van der Waals surface area (Å²) < 4.78 is 165. The first-order chi connectivity index (χ1) is 14.1. The summed E-state index contributed by atoms with van der Waals surface area (Å²) in [5.41, 5.74) is -6.09. The van der Waals surface area contributed by atoms with Crippen LogP contribution in [0.15, 0.2) is 0 Å². The van der Waals surface area contributed by atoms with Crippen molar-refractivity contribution < 1.29 is 57.1 Å². The lowest BCUT2D eigenvalue weighted by atomic mass is 10.1. The van der Waals surface area contributed by atoms with Gasteiger partial charge in [-0.05, 0) is 25.7 Å². The monoisotopic (exact) mass is 495 g/mol. The van der Waals surface area contributed by atoms with Crippen molar-refractivity contribution in [1.82, 2.24) is 15.0 Å². The highest BCUT2D eigenvalue weighted by molar-refractivity contribution is 5.41. The maximum Gasteiger partial charge on any atom is 0.443 e. The maximum absolute atomic E-state index is 13.6. The molecule has 2 atom stereocenters. The second-order valence-electron chi connectivity index (χ2n) is 6.03. The zero-order valence-corrected chi connectivity index (χ0v) is 15.4. The number of hydrogen-bond donors (Lipinski definition) is 2. The molecule has 0 saturated heterocycles. The second kappa shape index (κ2) is 8.65. The molecular weight excluding hydrogens is 485 g/mol. The van der Waals surface area contributed by atoms with Gasteiger partial charge in [-0.25, -0.2) is 4.39 Å². The molecule has 18 heteroatoms. The van der Waals surface area contributed by atoms with Gasteiger partial charge in [0, 0.05) is 0 Å². The van der Waals surface area contributed by atoms with Gasteiger partial charge in [0.2, 0.25) is 17.7 Å². The van der Waals surface area contributed by atoms with E-state index >= 15 is 0 Å². The first kappa shape index (κ1) is 27.3. The minimum absolute atomic E-state index is 0.194. The molecule has 1 heterocycles. The number of hydrogen-bond acceptors (Lipinski definition) is 5. The smallest absolute Gasteiger partial charge is 0.343 e. The Morgan fingerprint density at radius 3 is 1.25 bits per heavy atom. The Hall–Kier alpha value is -2.74. The number of halogens is 13. The van der Waals surface area contributed by atoms with Gasteiger partial charge in [0.05, 0.1) is 0 Å². The van der Waals surface area contributed by atoms with Gasteiger partial charge in [-0.15, -0.1) is 0 Å². The van der Waals surface area contributed by atoms with Crippen molar-refractivity contribution in [3.05, 3.63) is 5.82 Å². The molecule has 0 radical (unpaired) electrons. The van der Waals surface area contributed by atoms with Crippen LogP contribution in [0.1, 0.15) is 19.7 Å². The maximum atomic E-state index is 13.6. The molecule has 0 aliphatic carbocycles. The van der Waals surface area contributed by atoms with Gasteiger partial charge in [0.1, 0.15) is 12.1 Å². The third-order valence-corrected chi connectivity index (χ3v) is 3.44. The Labute approximate surface area is 169 Å². The SMILES string of the molecule is C[C@@H](Nc1nc(C#CC(F)(C(F)(F)F)C(F)(F)F)nc(N[C@H](C)C(F)(F)F)n1)C(F)(F)F. The van der Waals surface area contributed by atoms with E-state index in [0.717, 1.165) is 5.92 Å². The largest absolute Gasteiger partial charge is 0.443 e. The molecule has 0 aromatic carbocycles. The third-order valence-electron chi connectivity index (χ3n) is 3.44. The van der Waals surface area contributed by atoms with Crippen LogP contribution >= 0.6 is 0 Å². The average molecular weight is 495 g/mol. The van der Waals surface area contributed by atoms with E-state index < -0.39 is 60.2 Å². The van der Waals surface area contributed by atoms with Gasteiger partial charge in [-0.3, -0.25) is 0 Å². The van der Waals surface area contributed by atoms with Crippen LogP contribution in [0.2, 0.25) is 0 Å². The average Bonchev–Trinajstić information content (AvgIpc) is 2.55. The van der Waals surface area contributed by atoms with Crippen molar-refractivity contribution in [2.24, 2.45) is 0 Å². The molecule has 1 aromatic heterocycles. The molecule has 182 valence electrons. The van der Waals surface area contributed by atoms with Crippen molar-refractivity contribution in [3.8, 4) is 11.8 Å². The molecule has 0 unspecified atom stereocenters. The number of nitrogens with zero attached hydrogens (tertiary/aromatic N) is 3. The fraction of sp³-hybridized carbons (Fsp3) is 0.643. The Balaban J connectivity index is 3.53. The van der Waals surface area contributed by atoms with Gasteiger partial charge >= 0.3 is 30.4 Å². The highest BCUT2D eigenvalue weighted by Crippen LogP contribution is 2.45. The zero-order chi connectivity index (χ0) is 25.3. The minimum atomic E-state index is -6.59. The fourth-order valence-corrected chi connectivity index (χ4v) is 1.56. The quantitative estimate of drug-likeness (QED) is 0.465. The van der Waals surface area contributed by atoms with Crippen LogP contribution in [0.5, 0.6) is 0 Å². The number of alkyl halides is 13. The van der Waals surface area contributed by atoms with E-state index in [1.54, 1.807) is 0 Å². The van der Waals surface area contributed by atoms with Gasteiger partial charge in [0.15, 0.2) is 0 Å². The normalized spacial score (nSPS) is 15.5. The van der Waals surface area contributed by atoms with E-state index in [2.05, 4.69) is 15.0 Å². The fourth-order valence-electron chi connectivity index (χ4n) is 1.56. The van der Waals surface area contributed by atoms with Gasteiger partial charge in [-0.2, -0.15) is 67.6 Å². The molecule has 0 bridgehead atoms. The molecule has 5 nitrogen and oxygen atoms in total. The summed E-state index contributed by atoms with van der Waals surface area (Å²) >= 11 is 0. The summed E-state index contributed by atoms with van der Waals surface area (Å²) in [7, 11) is 0. The molecule has 2 N–H and O–H groups in total. The van der Waals surface area contributed by atoms with E-state index in [9.17, 15) is 57.1 Å². The van der Waals surface area contributed by atoms with Crippen molar-refractivity contribution in [3.63, 3.8) is 0 Å². The molecule has 0 aliphatic heterocycles. The molecule has 1 aromatic rings. The Kier molecular flexibility index (Phi) is 7.38. The molecule has 0 saturated carbocycles.